The number of benzene rings is 2. The quantitative estimate of drug-likeness (QED) is 0.766. The largest absolute Gasteiger partial charge is 0.388 e. The molecule has 0 spiro atoms. The molecule has 2 N–H and O–H groups in total. The van der Waals surface area contributed by atoms with Crippen LogP contribution in [-0.4, -0.2) is 20.6 Å². The van der Waals surface area contributed by atoms with E-state index in [0.29, 0.717) is 16.6 Å². The maximum atomic E-state index is 12.8. The predicted molar refractivity (Wildman–Crippen MR) is 90.3 cm³/mol. The van der Waals surface area contributed by atoms with Gasteiger partial charge in [-0.25, -0.2) is 13.1 Å². The molecule has 0 radical (unpaired) electrons. The van der Waals surface area contributed by atoms with E-state index >= 15 is 0 Å². The molecule has 0 saturated heterocycles. The van der Waals surface area contributed by atoms with Crippen LogP contribution in [0.3, 0.4) is 0 Å². The van der Waals surface area contributed by atoms with Crippen LogP contribution in [0, 0.1) is 13.8 Å². The lowest BCUT2D eigenvalue weighted by Crippen LogP contribution is -2.13. The molecule has 0 bridgehead atoms. The molecule has 23 heavy (non-hydrogen) atoms. The summed E-state index contributed by atoms with van der Waals surface area (Å²) >= 11 is 0. The number of sulfonamides is 1. The number of aromatic nitrogens is 1. The minimum Gasteiger partial charge on any atom is -0.388 e. The van der Waals surface area contributed by atoms with Crippen LogP contribution in [0.25, 0.3) is 10.8 Å². The van der Waals surface area contributed by atoms with Gasteiger partial charge in [0.1, 0.15) is 0 Å². The van der Waals surface area contributed by atoms with Gasteiger partial charge in [0, 0.05) is 29.1 Å². The minimum absolute atomic E-state index is 0.143. The van der Waals surface area contributed by atoms with Gasteiger partial charge in [-0.3, -0.25) is 0 Å². The Labute approximate surface area is 134 Å². The van der Waals surface area contributed by atoms with Crippen molar-refractivity contribution in [3.8, 4) is 0 Å². The van der Waals surface area contributed by atoms with Crippen LogP contribution in [-0.2, 0) is 10.0 Å². The average Bonchev–Trinajstić information content (AvgIpc) is 2.85. The lowest BCUT2D eigenvalue weighted by molar-refractivity contribution is 0.430. The van der Waals surface area contributed by atoms with Crippen molar-refractivity contribution < 1.29 is 12.9 Å². The maximum Gasteiger partial charge on any atom is 0.264 e. The molecule has 3 rings (SSSR count). The van der Waals surface area contributed by atoms with Crippen molar-refractivity contribution in [2.75, 3.05) is 17.1 Å². The van der Waals surface area contributed by atoms with Gasteiger partial charge >= 0.3 is 0 Å². The molecule has 120 valence electrons. The molecule has 0 amide bonds. The van der Waals surface area contributed by atoms with Gasteiger partial charge in [-0.2, -0.15) is 0 Å². The number of fused-ring (bicyclic) bond motifs is 1. The first-order chi connectivity index (χ1) is 10.9. The first-order valence-corrected chi connectivity index (χ1v) is 8.57. The standard InChI is InChI=1S/C16H17N3O3S/c1-10-11(2)18-22-16(10)19-23(20,21)15-9-5-6-12-13(15)7-4-8-14(12)17-3/h4-9,17,19H,1-3H3. The third-order valence-corrected chi connectivity index (χ3v) is 5.21. The Morgan fingerprint density at radius 1 is 1.04 bits per heavy atom. The van der Waals surface area contributed by atoms with Crippen molar-refractivity contribution in [2.45, 2.75) is 18.7 Å². The lowest BCUT2D eigenvalue weighted by Gasteiger charge is -2.11. The van der Waals surface area contributed by atoms with Gasteiger partial charge in [-0.1, -0.05) is 29.4 Å². The highest BCUT2D eigenvalue weighted by molar-refractivity contribution is 7.93. The van der Waals surface area contributed by atoms with Crippen molar-refractivity contribution in [1.29, 1.82) is 0 Å². The zero-order chi connectivity index (χ0) is 16.6. The molecular formula is C16H17N3O3S. The molecular weight excluding hydrogens is 314 g/mol. The highest BCUT2D eigenvalue weighted by atomic mass is 32.2. The zero-order valence-electron chi connectivity index (χ0n) is 13.0. The third kappa shape index (κ3) is 2.63. The topological polar surface area (TPSA) is 84.2 Å². The molecule has 6 nitrogen and oxygen atoms in total. The number of hydrogen-bond donors (Lipinski definition) is 2. The van der Waals surface area contributed by atoms with Crippen LogP contribution >= 0.6 is 0 Å². The fraction of sp³-hybridized carbons (Fsp3) is 0.188. The van der Waals surface area contributed by atoms with Gasteiger partial charge in [0.15, 0.2) is 0 Å². The molecule has 0 unspecified atom stereocenters. The van der Waals surface area contributed by atoms with Gasteiger partial charge in [0.2, 0.25) is 5.88 Å². The molecule has 0 aliphatic rings. The summed E-state index contributed by atoms with van der Waals surface area (Å²) in [5.41, 5.74) is 2.19. The van der Waals surface area contributed by atoms with E-state index in [1.54, 1.807) is 39.1 Å². The smallest absolute Gasteiger partial charge is 0.264 e. The fourth-order valence-electron chi connectivity index (χ4n) is 2.42. The highest BCUT2D eigenvalue weighted by Gasteiger charge is 2.21. The van der Waals surface area contributed by atoms with E-state index in [2.05, 4.69) is 15.2 Å². The second-order valence-electron chi connectivity index (χ2n) is 5.23. The fourth-order valence-corrected chi connectivity index (χ4v) is 3.69. The Morgan fingerprint density at radius 2 is 1.74 bits per heavy atom. The molecule has 2 aromatic carbocycles. The molecule has 0 aliphatic heterocycles. The summed E-state index contributed by atoms with van der Waals surface area (Å²) in [5.74, 6) is 0.143. The number of rotatable bonds is 4. The molecule has 3 aromatic rings. The monoisotopic (exact) mass is 331 g/mol. The summed E-state index contributed by atoms with van der Waals surface area (Å²) in [6.45, 7) is 3.51. The molecule has 0 atom stereocenters. The summed E-state index contributed by atoms with van der Waals surface area (Å²) in [5, 5.41) is 8.31. The Bertz CT molecular complexity index is 977. The Hall–Kier alpha value is -2.54. The van der Waals surface area contributed by atoms with Crippen LogP contribution < -0.4 is 10.0 Å². The van der Waals surface area contributed by atoms with Crippen LogP contribution in [0.15, 0.2) is 45.8 Å². The van der Waals surface area contributed by atoms with Gasteiger partial charge in [0.25, 0.3) is 10.0 Å². The molecule has 1 aromatic heterocycles. The summed E-state index contributed by atoms with van der Waals surface area (Å²) < 4.78 is 33.0. The molecule has 0 saturated carbocycles. The molecule has 7 heteroatoms. The van der Waals surface area contributed by atoms with Gasteiger partial charge in [0.05, 0.1) is 10.6 Å². The summed E-state index contributed by atoms with van der Waals surface area (Å²) in [6, 6.07) is 10.7. The Morgan fingerprint density at radius 3 is 2.39 bits per heavy atom. The SMILES string of the molecule is CNc1cccc2c(S(=O)(=O)Nc3onc(C)c3C)cccc12. The summed E-state index contributed by atoms with van der Waals surface area (Å²) in [6.07, 6.45) is 0. The number of nitrogens with zero attached hydrogens (tertiary/aromatic N) is 1. The summed E-state index contributed by atoms with van der Waals surface area (Å²) in [7, 11) is -1.99. The third-order valence-electron chi connectivity index (χ3n) is 3.83. The van der Waals surface area contributed by atoms with Crippen molar-refractivity contribution >= 4 is 32.4 Å². The van der Waals surface area contributed by atoms with Crippen molar-refractivity contribution in [3.63, 3.8) is 0 Å². The highest BCUT2D eigenvalue weighted by Crippen LogP contribution is 2.30. The van der Waals surface area contributed by atoms with Gasteiger partial charge in [-0.15, -0.1) is 0 Å². The van der Waals surface area contributed by atoms with Crippen LogP contribution in [0.1, 0.15) is 11.3 Å². The molecule has 0 aliphatic carbocycles. The Kier molecular flexibility index (Phi) is 3.73. The van der Waals surface area contributed by atoms with E-state index in [0.717, 1.165) is 11.1 Å². The van der Waals surface area contributed by atoms with Crippen LogP contribution in [0.5, 0.6) is 0 Å². The van der Waals surface area contributed by atoms with E-state index in [-0.39, 0.29) is 10.8 Å². The zero-order valence-corrected chi connectivity index (χ0v) is 13.9. The second kappa shape index (κ2) is 5.58. The van der Waals surface area contributed by atoms with E-state index in [4.69, 9.17) is 4.52 Å². The predicted octanol–water partition coefficient (Wildman–Crippen LogP) is 3.29. The van der Waals surface area contributed by atoms with E-state index in [1.807, 2.05) is 18.2 Å². The second-order valence-corrected chi connectivity index (χ2v) is 6.89. The molecule has 1 heterocycles. The average molecular weight is 331 g/mol. The Balaban J connectivity index is 2.14. The number of nitrogens with one attached hydrogen (secondary N) is 2. The van der Waals surface area contributed by atoms with Crippen molar-refractivity contribution in [1.82, 2.24) is 5.16 Å². The first kappa shape index (κ1) is 15.4. The minimum atomic E-state index is -3.79. The van der Waals surface area contributed by atoms with Crippen molar-refractivity contribution in [2.24, 2.45) is 0 Å². The van der Waals surface area contributed by atoms with E-state index in [1.165, 1.54) is 0 Å². The number of anilines is 2. The summed E-state index contributed by atoms with van der Waals surface area (Å²) in [4.78, 5) is 0.195. The van der Waals surface area contributed by atoms with Crippen LogP contribution in [0.4, 0.5) is 11.6 Å². The first-order valence-electron chi connectivity index (χ1n) is 7.09. The van der Waals surface area contributed by atoms with E-state index < -0.39 is 10.0 Å². The van der Waals surface area contributed by atoms with Crippen LogP contribution in [0.2, 0.25) is 0 Å². The van der Waals surface area contributed by atoms with E-state index in [9.17, 15) is 8.42 Å². The maximum absolute atomic E-state index is 12.8. The number of aryl methyl sites for hydroxylation is 1. The number of hydrogen-bond acceptors (Lipinski definition) is 5. The molecule has 0 fully saturated rings. The van der Waals surface area contributed by atoms with Crippen molar-refractivity contribution in [3.05, 3.63) is 47.7 Å². The normalized spacial score (nSPS) is 11.6. The lowest BCUT2D eigenvalue weighted by atomic mass is 10.1. The van der Waals surface area contributed by atoms with Gasteiger partial charge < -0.3 is 9.84 Å². The van der Waals surface area contributed by atoms with Gasteiger partial charge in [-0.05, 0) is 26.0 Å².